The molecule has 0 aromatic heterocycles. The van der Waals surface area contributed by atoms with Crippen molar-refractivity contribution in [3.05, 3.63) is 28.2 Å². The number of methoxy groups -OCH3 is 1. The van der Waals surface area contributed by atoms with Gasteiger partial charge in [0.1, 0.15) is 5.75 Å². The summed E-state index contributed by atoms with van der Waals surface area (Å²) in [5, 5.41) is 0. The highest BCUT2D eigenvalue weighted by molar-refractivity contribution is 9.10. The zero-order chi connectivity index (χ0) is 15.2. The first kappa shape index (κ1) is 16.7. The van der Waals surface area contributed by atoms with Gasteiger partial charge in [-0.15, -0.1) is 0 Å². The van der Waals surface area contributed by atoms with E-state index in [0.717, 1.165) is 36.4 Å². The number of ether oxygens (including phenoxy) is 2. The number of rotatable bonds is 6. The Balaban J connectivity index is 2.10. The fourth-order valence-electron chi connectivity index (χ4n) is 2.93. The molecule has 2 atom stereocenters. The lowest BCUT2D eigenvalue weighted by Gasteiger charge is -2.33. The maximum Gasteiger partial charge on any atom is 0.119 e. The molecule has 4 nitrogen and oxygen atoms in total. The number of benzene rings is 1. The van der Waals surface area contributed by atoms with Crippen LogP contribution in [0.1, 0.15) is 24.4 Å². The zero-order valence-electron chi connectivity index (χ0n) is 12.8. The van der Waals surface area contributed by atoms with E-state index in [9.17, 15) is 0 Å². The molecule has 1 heterocycles. The maximum atomic E-state index is 6.04. The molecule has 1 fully saturated rings. The van der Waals surface area contributed by atoms with Gasteiger partial charge in [-0.1, -0.05) is 15.9 Å². The predicted octanol–water partition coefficient (Wildman–Crippen LogP) is 2.82. The average molecular weight is 357 g/mol. The number of halogens is 1. The fraction of sp³-hybridized carbons (Fsp3) is 0.625. The number of hydrogen-bond donors (Lipinski definition) is 1. The van der Waals surface area contributed by atoms with Crippen LogP contribution in [-0.4, -0.2) is 45.4 Å². The fourth-order valence-corrected chi connectivity index (χ4v) is 3.45. The lowest BCUT2D eigenvalue weighted by atomic mass is 9.99. The summed E-state index contributed by atoms with van der Waals surface area (Å²) in [7, 11) is 3.82. The van der Waals surface area contributed by atoms with Crippen LogP contribution in [0.3, 0.4) is 0 Å². The van der Waals surface area contributed by atoms with E-state index >= 15 is 0 Å². The van der Waals surface area contributed by atoms with Gasteiger partial charge in [0.2, 0.25) is 0 Å². The van der Waals surface area contributed by atoms with Crippen molar-refractivity contribution in [1.29, 1.82) is 0 Å². The second-order valence-electron chi connectivity index (χ2n) is 5.66. The first-order chi connectivity index (χ1) is 10.2. The molecule has 118 valence electrons. The van der Waals surface area contributed by atoms with Gasteiger partial charge in [-0.2, -0.15) is 0 Å². The molecule has 0 bridgehead atoms. The van der Waals surface area contributed by atoms with E-state index in [4.69, 9.17) is 15.2 Å². The first-order valence-corrected chi connectivity index (χ1v) is 8.26. The van der Waals surface area contributed by atoms with Crippen molar-refractivity contribution < 1.29 is 9.47 Å². The predicted molar refractivity (Wildman–Crippen MR) is 88.7 cm³/mol. The molecule has 0 amide bonds. The van der Waals surface area contributed by atoms with Crippen LogP contribution in [-0.2, 0) is 4.74 Å². The van der Waals surface area contributed by atoms with Crippen molar-refractivity contribution in [2.45, 2.75) is 18.9 Å². The zero-order valence-corrected chi connectivity index (χ0v) is 14.4. The van der Waals surface area contributed by atoms with Crippen LogP contribution >= 0.6 is 15.9 Å². The van der Waals surface area contributed by atoms with Crippen LogP contribution in [0.2, 0.25) is 0 Å². The molecule has 1 aliphatic heterocycles. The molecule has 0 spiro atoms. The summed E-state index contributed by atoms with van der Waals surface area (Å²) in [6.07, 6.45) is 2.40. The summed E-state index contributed by atoms with van der Waals surface area (Å²) >= 11 is 3.63. The number of likely N-dealkylation sites (N-methyl/N-ethyl adjacent to an activating group) is 1. The van der Waals surface area contributed by atoms with E-state index in [1.165, 1.54) is 12.0 Å². The van der Waals surface area contributed by atoms with Crippen molar-refractivity contribution in [1.82, 2.24) is 4.90 Å². The van der Waals surface area contributed by atoms with Crippen LogP contribution in [0.5, 0.6) is 5.75 Å². The third kappa shape index (κ3) is 4.42. The second-order valence-corrected chi connectivity index (χ2v) is 6.52. The lowest BCUT2D eigenvalue weighted by molar-refractivity contribution is 0.0365. The van der Waals surface area contributed by atoms with Crippen molar-refractivity contribution in [2.24, 2.45) is 11.7 Å². The van der Waals surface area contributed by atoms with Crippen LogP contribution in [0, 0.1) is 5.92 Å². The van der Waals surface area contributed by atoms with Gasteiger partial charge in [-0.25, -0.2) is 0 Å². The van der Waals surface area contributed by atoms with Crippen LogP contribution in [0.15, 0.2) is 22.7 Å². The van der Waals surface area contributed by atoms with Crippen molar-refractivity contribution in [3.63, 3.8) is 0 Å². The van der Waals surface area contributed by atoms with Gasteiger partial charge in [0.25, 0.3) is 0 Å². The van der Waals surface area contributed by atoms with E-state index in [0.29, 0.717) is 12.5 Å². The van der Waals surface area contributed by atoms with Crippen LogP contribution in [0.4, 0.5) is 0 Å². The van der Waals surface area contributed by atoms with Gasteiger partial charge in [-0.3, -0.25) is 4.90 Å². The molecule has 1 aromatic rings. The van der Waals surface area contributed by atoms with E-state index in [2.05, 4.69) is 33.9 Å². The second kappa shape index (κ2) is 8.13. The summed E-state index contributed by atoms with van der Waals surface area (Å²) < 4.78 is 12.0. The largest absolute Gasteiger partial charge is 0.497 e. The Bertz CT molecular complexity index is 450. The van der Waals surface area contributed by atoms with E-state index in [1.54, 1.807) is 7.11 Å². The van der Waals surface area contributed by atoms with Crippen molar-refractivity contribution in [2.75, 3.05) is 40.5 Å². The molecule has 0 aliphatic carbocycles. The highest BCUT2D eigenvalue weighted by Crippen LogP contribution is 2.31. The van der Waals surface area contributed by atoms with Gasteiger partial charge in [0, 0.05) is 30.2 Å². The van der Waals surface area contributed by atoms with Gasteiger partial charge in [-0.05, 0) is 49.6 Å². The molecule has 2 unspecified atom stereocenters. The molecule has 1 saturated heterocycles. The number of nitrogens with two attached hydrogens (primary N) is 1. The molecule has 0 radical (unpaired) electrons. The first-order valence-electron chi connectivity index (χ1n) is 7.47. The molecule has 2 N–H and O–H groups in total. The maximum absolute atomic E-state index is 6.04. The minimum absolute atomic E-state index is 0.177. The molecule has 1 aliphatic rings. The molecule has 0 saturated carbocycles. The minimum atomic E-state index is 0.177. The number of nitrogens with zero attached hydrogens (tertiary/aromatic N) is 1. The third-order valence-electron chi connectivity index (χ3n) is 4.12. The lowest BCUT2D eigenvalue weighted by Crippen LogP contribution is -2.36. The smallest absolute Gasteiger partial charge is 0.119 e. The summed E-state index contributed by atoms with van der Waals surface area (Å²) in [6.45, 7) is 3.35. The molecular formula is C16H25BrN2O2. The Labute approximate surface area is 135 Å². The minimum Gasteiger partial charge on any atom is -0.497 e. The van der Waals surface area contributed by atoms with Crippen LogP contribution in [0.25, 0.3) is 0 Å². The Morgan fingerprint density at radius 2 is 2.33 bits per heavy atom. The average Bonchev–Trinajstić information content (AvgIpc) is 2.51. The van der Waals surface area contributed by atoms with Crippen molar-refractivity contribution in [3.8, 4) is 5.75 Å². The Hall–Kier alpha value is -0.620. The molecule has 1 aromatic carbocycles. The highest BCUT2D eigenvalue weighted by atomic mass is 79.9. The summed E-state index contributed by atoms with van der Waals surface area (Å²) in [5.74, 6) is 1.46. The van der Waals surface area contributed by atoms with Crippen LogP contribution < -0.4 is 10.5 Å². The Morgan fingerprint density at radius 3 is 2.95 bits per heavy atom. The van der Waals surface area contributed by atoms with E-state index < -0.39 is 0 Å². The Kier molecular flexibility index (Phi) is 6.48. The van der Waals surface area contributed by atoms with Crippen molar-refractivity contribution >= 4 is 15.9 Å². The van der Waals surface area contributed by atoms with E-state index in [-0.39, 0.29) is 6.04 Å². The molecule has 21 heavy (non-hydrogen) atoms. The summed E-state index contributed by atoms with van der Waals surface area (Å²) in [5.41, 5.74) is 7.21. The van der Waals surface area contributed by atoms with E-state index in [1.807, 2.05) is 12.1 Å². The Morgan fingerprint density at radius 1 is 1.52 bits per heavy atom. The standard InChI is InChI=1S/C16H25BrN2O2/c1-19(10-12-4-3-7-21-11-12)16(9-18)14-8-13(20-2)5-6-15(14)17/h5-6,8,12,16H,3-4,7,9-11,18H2,1-2H3. The molecule has 2 rings (SSSR count). The molecular weight excluding hydrogens is 332 g/mol. The monoisotopic (exact) mass is 356 g/mol. The summed E-state index contributed by atoms with van der Waals surface area (Å²) in [4.78, 5) is 2.33. The SMILES string of the molecule is COc1ccc(Br)c(C(CN)N(C)CC2CCCOC2)c1. The van der Waals surface area contributed by atoms with Gasteiger partial charge in [0.15, 0.2) is 0 Å². The topological polar surface area (TPSA) is 47.7 Å². The number of hydrogen-bond acceptors (Lipinski definition) is 4. The van der Waals surface area contributed by atoms with Gasteiger partial charge >= 0.3 is 0 Å². The quantitative estimate of drug-likeness (QED) is 0.851. The highest BCUT2D eigenvalue weighted by Gasteiger charge is 2.23. The summed E-state index contributed by atoms with van der Waals surface area (Å²) in [6, 6.07) is 6.22. The van der Waals surface area contributed by atoms with Gasteiger partial charge in [0.05, 0.1) is 13.7 Å². The van der Waals surface area contributed by atoms with Gasteiger partial charge < -0.3 is 15.2 Å². The third-order valence-corrected chi connectivity index (χ3v) is 4.84. The molecule has 5 heteroatoms. The normalized spacial score (nSPS) is 20.5.